The Labute approximate surface area is 227 Å². The first-order valence-electron chi connectivity index (χ1n) is 13.2. The van der Waals surface area contributed by atoms with Crippen molar-refractivity contribution in [2.45, 2.75) is 6.92 Å². The van der Waals surface area contributed by atoms with Gasteiger partial charge in [-0.25, -0.2) is 4.39 Å². The third-order valence-corrected chi connectivity index (χ3v) is 6.77. The quantitative estimate of drug-likeness (QED) is 0.424. The normalized spacial score (nSPS) is 16.1. The minimum Gasteiger partial charge on any atom is -0.492 e. The maximum Gasteiger partial charge on any atom is 0.257 e. The highest BCUT2D eigenvalue weighted by atomic mass is 19.1. The Morgan fingerprint density at radius 2 is 1.67 bits per heavy atom. The summed E-state index contributed by atoms with van der Waals surface area (Å²) in [4.78, 5) is 21.9. The molecule has 2 fully saturated rings. The number of morpholine rings is 2. The van der Waals surface area contributed by atoms with Crippen LogP contribution >= 0.6 is 0 Å². The molecule has 2 aliphatic rings. The lowest BCUT2D eigenvalue weighted by Crippen LogP contribution is -2.38. The Balaban J connectivity index is 1.19. The highest BCUT2D eigenvalue weighted by molar-refractivity contribution is 6.05. The van der Waals surface area contributed by atoms with Crippen molar-refractivity contribution >= 4 is 28.7 Å². The van der Waals surface area contributed by atoms with Gasteiger partial charge in [0, 0.05) is 49.8 Å². The topological polar surface area (TPSA) is 88.2 Å². The second-order valence-electron chi connectivity index (χ2n) is 9.56. The molecule has 2 N–H and O–H groups in total. The van der Waals surface area contributed by atoms with Gasteiger partial charge in [0.25, 0.3) is 5.91 Å². The van der Waals surface area contributed by atoms with E-state index in [4.69, 9.17) is 14.2 Å². The molecule has 3 heterocycles. The molecule has 3 aromatic rings. The molecule has 5 rings (SSSR count). The summed E-state index contributed by atoms with van der Waals surface area (Å²) in [5, 5.41) is 6.12. The molecule has 206 valence electrons. The Morgan fingerprint density at radius 3 is 2.41 bits per heavy atom. The van der Waals surface area contributed by atoms with Gasteiger partial charge < -0.3 is 29.7 Å². The van der Waals surface area contributed by atoms with E-state index >= 15 is 0 Å². The summed E-state index contributed by atoms with van der Waals surface area (Å²) < 4.78 is 31.0. The number of rotatable bonds is 9. The number of nitrogens with zero attached hydrogens (tertiary/aromatic N) is 3. The lowest BCUT2D eigenvalue weighted by molar-refractivity contribution is 0.0322. The third kappa shape index (κ3) is 7.44. The van der Waals surface area contributed by atoms with Gasteiger partial charge in [-0.05, 0) is 55.5 Å². The van der Waals surface area contributed by atoms with E-state index in [1.165, 1.54) is 12.1 Å². The number of halogens is 1. The second kappa shape index (κ2) is 12.9. The van der Waals surface area contributed by atoms with Crippen LogP contribution < -0.4 is 20.3 Å². The molecule has 0 aliphatic carbocycles. The van der Waals surface area contributed by atoms with Crippen LogP contribution in [0.4, 0.5) is 27.1 Å². The number of ether oxygens (including phenoxy) is 3. The number of hydrogen-bond donors (Lipinski definition) is 2. The second-order valence-corrected chi connectivity index (χ2v) is 9.56. The van der Waals surface area contributed by atoms with E-state index in [9.17, 15) is 9.18 Å². The summed E-state index contributed by atoms with van der Waals surface area (Å²) >= 11 is 0. The number of pyridine rings is 1. The smallest absolute Gasteiger partial charge is 0.257 e. The number of aromatic nitrogens is 1. The van der Waals surface area contributed by atoms with Crippen molar-refractivity contribution in [3.05, 3.63) is 71.8 Å². The summed E-state index contributed by atoms with van der Waals surface area (Å²) in [7, 11) is 0. The van der Waals surface area contributed by atoms with Crippen LogP contribution in [0.3, 0.4) is 0 Å². The molecule has 10 heteroatoms. The molecule has 9 nitrogen and oxygen atoms in total. The van der Waals surface area contributed by atoms with Gasteiger partial charge in [0.05, 0.1) is 49.6 Å². The zero-order valence-electron chi connectivity index (χ0n) is 22.1. The highest BCUT2D eigenvalue weighted by Gasteiger charge is 2.15. The predicted molar refractivity (Wildman–Crippen MR) is 149 cm³/mol. The molecule has 0 spiro atoms. The molecule has 39 heavy (non-hydrogen) atoms. The minimum atomic E-state index is -0.340. The lowest BCUT2D eigenvalue weighted by Gasteiger charge is -2.29. The average Bonchev–Trinajstić information content (AvgIpc) is 2.96. The van der Waals surface area contributed by atoms with Crippen LogP contribution in [0.15, 0.2) is 54.7 Å². The van der Waals surface area contributed by atoms with Crippen LogP contribution in [0, 0.1) is 12.7 Å². The van der Waals surface area contributed by atoms with E-state index in [-0.39, 0.29) is 11.7 Å². The van der Waals surface area contributed by atoms with Gasteiger partial charge in [0.2, 0.25) is 0 Å². The SMILES string of the molecule is Cc1ncc(Nc2cc(F)cc(N3CCOCC3)c2)cc1C(=O)Nc1ccc(OCCN2CCOCC2)cc1. The molecule has 0 unspecified atom stereocenters. The van der Waals surface area contributed by atoms with Gasteiger partial charge in [-0.3, -0.25) is 14.7 Å². The number of amides is 1. The number of aryl methyl sites for hydroxylation is 1. The van der Waals surface area contributed by atoms with Gasteiger partial charge in [0.1, 0.15) is 18.2 Å². The van der Waals surface area contributed by atoms with Crippen LogP contribution in [0.2, 0.25) is 0 Å². The third-order valence-electron chi connectivity index (χ3n) is 6.77. The van der Waals surface area contributed by atoms with Crippen LogP contribution in [-0.4, -0.2) is 81.5 Å². The summed E-state index contributed by atoms with van der Waals surface area (Å²) in [6.45, 7) is 9.26. The minimum absolute atomic E-state index is 0.280. The first-order chi connectivity index (χ1) is 19.0. The zero-order chi connectivity index (χ0) is 27.0. The molecule has 2 aliphatic heterocycles. The van der Waals surface area contributed by atoms with Gasteiger partial charge >= 0.3 is 0 Å². The lowest BCUT2D eigenvalue weighted by atomic mass is 10.1. The highest BCUT2D eigenvalue weighted by Crippen LogP contribution is 2.26. The van der Waals surface area contributed by atoms with Crippen molar-refractivity contribution in [1.82, 2.24) is 9.88 Å². The molecular weight excluding hydrogens is 501 g/mol. The van der Waals surface area contributed by atoms with Crippen molar-refractivity contribution in [1.29, 1.82) is 0 Å². The van der Waals surface area contributed by atoms with E-state index in [1.807, 2.05) is 30.3 Å². The van der Waals surface area contributed by atoms with Gasteiger partial charge in [-0.15, -0.1) is 0 Å². The fourth-order valence-corrected chi connectivity index (χ4v) is 4.60. The Morgan fingerprint density at radius 1 is 0.949 bits per heavy atom. The summed E-state index contributed by atoms with van der Waals surface area (Å²) in [5.74, 6) is 0.128. The van der Waals surface area contributed by atoms with Crippen molar-refractivity contribution in [2.75, 3.05) is 81.3 Å². The number of anilines is 4. The first-order valence-corrected chi connectivity index (χ1v) is 13.2. The maximum absolute atomic E-state index is 14.4. The van der Waals surface area contributed by atoms with Crippen molar-refractivity contribution < 1.29 is 23.4 Å². The standard InChI is InChI=1S/C29H34FN5O4/c1-21-28(29(36)33-23-2-4-27(5-3-23)39-15-8-34-6-11-37-12-7-34)19-25(20-31-21)32-24-16-22(30)17-26(18-24)35-9-13-38-14-10-35/h2-5,16-20,32H,6-15H2,1H3,(H,33,36). The zero-order valence-corrected chi connectivity index (χ0v) is 22.1. The van der Waals surface area contributed by atoms with Crippen LogP contribution in [0.5, 0.6) is 5.75 Å². The largest absolute Gasteiger partial charge is 0.492 e. The number of carbonyl (C=O) groups is 1. The average molecular weight is 536 g/mol. The fourth-order valence-electron chi connectivity index (χ4n) is 4.60. The summed E-state index contributed by atoms with van der Waals surface area (Å²) in [6.07, 6.45) is 1.63. The van der Waals surface area contributed by atoms with E-state index in [0.717, 1.165) is 44.3 Å². The fraction of sp³-hybridized carbons (Fsp3) is 0.379. The first kappa shape index (κ1) is 26.9. The molecule has 2 aromatic carbocycles. The molecule has 0 radical (unpaired) electrons. The van der Waals surface area contributed by atoms with Gasteiger partial charge in [-0.1, -0.05) is 0 Å². The Hall–Kier alpha value is -3.73. The molecule has 2 saturated heterocycles. The Kier molecular flexibility index (Phi) is 8.87. The molecule has 0 bridgehead atoms. The van der Waals surface area contributed by atoms with Crippen molar-refractivity contribution in [3.63, 3.8) is 0 Å². The van der Waals surface area contributed by atoms with E-state index in [2.05, 4.69) is 25.4 Å². The number of benzene rings is 2. The van der Waals surface area contributed by atoms with Crippen molar-refractivity contribution in [3.8, 4) is 5.75 Å². The Bertz CT molecular complexity index is 1260. The van der Waals surface area contributed by atoms with Crippen LogP contribution in [-0.2, 0) is 9.47 Å². The van der Waals surface area contributed by atoms with Gasteiger partial charge in [0.15, 0.2) is 0 Å². The molecule has 0 atom stereocenters. The van der Waals surface area contributed by atoms with Crippen LogP contribution in [0.1, 0.15) is 16.1 Å². The van der Waals surface area contributed by atoms with Crippen LogP contribution in [0.25, 0.3) is 0 Å². The number of nitrogens with one attached hydrogen (secondary N) is 2. The molecular formula is C29H34FN5O4. The monoisotopic (exact) mass is 535 g/mol. The maximum atomic E-state index is 14.4. The predicted octanol–water partition coefficient (Wildman–Crippen LogP) is 4.07. The van der Waals surface area contributed by atoms with Crippen molar-refractivity contribution in [2.24, 2.45) is 0 Å². The molecule has 1 amide bonds. The number of carbonyl (C=O) groups excluding carboxylic acids is 1. The van der Waals surface area contributed by atoms with Gasteiger partial charge in [-0.2, -0.15) is 0 Å². The van der Waals surface area contributed by atoms with E-state index in [0.29, 0.717) is 61.2 Å². The summed E-state index contributed by atoms with van der Waals surface area (Å²) in [6, 6.07) is 13.9. The van der Waals surface area contributed by atoms with E-state index < -0.39 is 0 Å². The molecule has 0 saturated carbocycles. The molecule has 1 aromatic heterocycles. The summed E-state index contributed by atoms with van der Waals surface area (Å²) in [5.41, 5.74) is 3.63. The number of hydrogen-bond acceptors (Lipinski definition) is 8. The van der Waals surface area contributed by atoms with E-state index in [1.54, 1.807) is 19.2 Å².